The topological polar surface area (TPSA) is 128 Å². The van der Waals surface area contributed by atoms with Gasteiger partial charge in [0.15, 0.2) is 5.58 Å². The van der Waals surface area contributed by atoms with E-state index in [1.165, 1.54) is 12.1 Å². The number of anilines is 1. The number of nitrogens with zero attached hydrogens (tertiary/aromatic N) is 1. The number of nitrogens with two attached hydrogens (primary N) is 1. The Bertz CT molecular complexity index is 1080. The Labute approximate surface area is 154 Å². The van der Waals surface area contributed by atoms with Crippen LogP contribution in [0.25, 0.3) is 11.0 Å². The van der Waals surface area contributed by atoms with Crippen LogP contribution in [0.3, 0.4) is 0 Å². The van der Waals surface area contributed by atoms with Crippen LogP contribution >= 0.6 is 0 Å². The SMILES string of the molecule is Cc1cccc([N+](=O)[O-])c1C(=O)Nc1cccc2c(CC(N)=O)c(C)oc12. The Morgan fingerprint density at radius 3 is 2.56 bits per heavy atom. The number of amides is 2. The number of hydrogen-bond acceptors (Lipinski definition) is 5. The van der Waals surface area contributed by atoms with Crippen molar-refractivity contribution >= 4 is 34.2 Å². The van der Waals surface area contributed by atoms with E-state index in [-0.39, 0.29) is 17.7 Å². The summed E-state index contributed by atoms with van der Waals surface area (Å²) in [5, 5.41) is 14.6. The van der Waals surface area contributed by atoms with Crippen molar-refractivity contribution < 1.29 is 18.9 Å². The summed E-state index contributed by atoms with van der Waals surface area (Å²) in [6.45, 7) is 3.33. The van der Waals surface area contributed by atoms with Gasteiger partial charge in [0.05, 0.1) is 17.0 Å². The van der Waals surface area contributed by atoms with Gasteiger partial charge in [0.2, 0.25) is 5.91 Å². The van der Waals surface area contributed by atoms with E-state index < -0.39 is 16.7 Å². The number of para-hydroxylation sites is 1. The van der Waals surface area contributed by atoms with Crippen LogP contribution in [0, 0.1) is 24.0 Å². The van der Waals surface area contributed by atoms with Crippen molar-refractivity contribution in [1.82, 2.24) is 0 Å². The molecule has 138 valence electrons. The number of aryl methyl sites for hydroxylation is 2. The lowest BCUT2D eigenvalue weighted by molar-refractivity contribution is -0.385. The second kappa shape index (κ2) is 6.91. The summed E-state index contributed by atoms with van der Waals surface area (Å²) in [6, 6.07) is 9.52. The quantitative estimate of drug-likeness (QED) is 0.528. The molecule has 2 aromatic carbocycles. The van der Waals surface area contributed by atoms with Gasteiger partial charge >= 0.3 is 0 Å². The smallest absolute Gasteiger partial charge is 0.282 e. The van der Waals surface area contributed by atoms with E-state index in [0.717, 1.165) is 0 Å². The van der Waals surface area contributed by atoms with E-state index in [1.54, 1.807) is 38.1 Å². The van der Waals surface area contributed by atoms with Crippen LogP contribution in [-0.2, 0) is 11.2 Å². The Kier molecular flexibility index (Phi) is 4.64. The molecule has 3 rings (SSSR count). The van der Waals surface area contributed by atoms with Gasteiger partial charge in [0.1, 0.15) is 11.3 Å². The fourth-order valence-corrected chi connectivity index (χ4v) is 3.07. The number of hydrogen-bond donors (Lipinski definition) is 2. The van der Waals surface area contributed by atoms with Crippen LogP contribution in [-0.4, -0.2) is 16.7 Å². The summed E-state index contributed by atoms with van der Waals surface area (Å²) in [7, 11) is 0. The van der Waals surface area contributed by atoms with Gasteiger partial charge in [0.25, 0.3) is 11.6 Å². The molecule has 0 aliphatic rings. The minimum Gasteiger partial charge on any atom is -0.459 e. The minimum absolute atomic E-state index is 0.0134. The molecular formula is C19H17N3O5. The largest absolute Gasteiger partial charge is 0.459 e. The van der Waals surface area contributed by atoms with Gasteiger partial charge in [0, 0.05) is 17.0 Å². The number of carbonyl (C=O) groups is 2. The van der Waals surface area contributed by atoms with E-state index >= 15 is 0 Å². The summed E-state index contributed by atoms with van der Waals surface area (Å²) in [6.07, 6.45) is 0.0134. The van der Waals surface area contributed by atoms with Crippen LogP contribution in [0.4, 0.5) is 11.4 Å². The molecule has 0 aliphatic carbocycles. The summed E-state index contributed by atoms with van der Waals surface area (Å²) in [4.78, 5) is 34.7. The number of nitro benzene ring substituents is 1. The van der Waals surface area contributed by atoms with Crippen molar-refractivity contribution in [2.45, 2.75) is 20.3 Å². The summed E-state index contributed by atoms with van der Waals surface area (Å²) in [5.74, 6) is -0.587. The van der Waals surface area contributed by atoms with E-state index in [9.17, 15) is 19.7 Å². The molecule has 0 radical (unpaired) electrons. The summed E-state index contributed by atoms with van der Waals surface area (Å²) < 4.78 is 5.72. The molecule has 0 fully saturated rings. The zero-order valence-electron chi connectivity index (χ0n) is 14.7. The van der Waals surface area contributed by atoms with Gasteiger partial charge in [-0.15, -0.1) is 0 Å². The fourth-order valence-electron chi connectivity index (χ4n) is 3.07. The first kappa shape index (κ1) is 18.1. The van der Waals surface area contributed by atoms with Gasteiger partial charge in [-0.05, 0) is 25.5 Å². The molecule has 2 amide bonds. The molecule has 0 unspecified atom stereocenters. The number of benzene rings is 2. The highest BCUT2D eigenvalue weighted by Crippen LogP contribution is 2.32. The lowest BCUT2D eigenvalue weighted by Crippen LogP contribution is -2.15. The molecule has 0 bridgehead atoms. The molecule has 0 saturated carbocycles. The molecule has 0 spiro atoms. The first-order valence-electron chi connectivity index (χ1n) is 8.14. The number of nitrogens with one attached hydrogen (secondary N) is 1. The van der Waals surface area contributed by atoms with E-state index in [0.29, 0.717) is 33.5 Å². The molecule has 3 N–H and O–H groups in total. The van der Waals surface area contributed by atoms with Gasteiger partial charge in [-0.25, -0.2) is 0 Å². The monoisotopic (exact) mass is 367 g/mol. The Morgan fingerprint density at radius 2 is 1.89 bits per heavy atom. The van der Waals surface area contributed by atoms with Crippen molar-refractivity contribution in [3.63, 3.8) is 0 Å². The number of primary amides is 1. The van der Waals surface area contributed by atoms with Gasteiger partial charge in [-0.1, -0.05) is 24.3 Å². The van der Waals surface area contributed by atoms with Crippen LogP contribution in [0.1, 0.15) is 27.2 Å². The maximum absolute atomic E-state index is 12.7. The fraction of sp³-hybridized carbons (Fsp3) is 0.158. The third-order valence-electron chi connectivity index (χ3n) is 4.29. The standard InChI is InChI=1S/C19H17N3O5/c1-10-5-3-8-15(22(25)26)17(10)19(24)21-14-7-4-6-12-13(9-16(20)23)11(2)27-18(12)14/h3-8H,9H2,1-2H3,(H2,20,23)(H,21,24). The zero-order chi connectivity index (χ0) is 19.7. The van der Waals surface area contributed by atoms with Gasteiger partial charge in [-0.3, -0.25) is 19.7 Å². The molecule has 1 aromatic heterocycles. The maximum Gasteiger partial charge on any atom is 0.282 e. The number of furan rings is 1. The molecule has 3 aromatic rings. The highest BCUT2D eigenvalue weighted by atomic mass is 16.6. The number of nitro groups is 1. The molecule has 27 heavy (non-hydrogen) atoms. The number of fused-ring (bicyclic) bond motifs is 1. The Balaban J connectivity index is 2.05. The predicted molar refractivity (Wildman–Crippen MR) is 99.6 cm³/mol. The van der Waals surface area contributed by atoms with E-state index in [2.05, 4.69) is 5.32 Å². The molecule has 0 aliphatic heterocycles. The van der Waals surface area contributed by atoms with Crippen molar-refractivity contribution in [2.24, 2.45) is 5.73 Å². The average molecular weight is 367 g/mol. The van der Waals surface area contributed by atoms with Crippen LogP contribution in [0.15, 0.2) is 40.8 Å². The first-order valence-corrected chi connectivity index (χ1v) is 8.14. The Hall–Kier alpha value is -3.68. The number of rotatable bonds is 5. The van der Waals surface area contributed by atoms with Crippen LogP contribution < -0.4 is 11.1 Å². The normalized spacial score (nSPS) is 10.7. The molecule has 8 heteroatoms. The third kappa shape index (κ3) is 3.37. The average Bonchev–Trinajstić information content (AvgIpc) is 2.91. The van der Waals surface area contributed by atoms with Crippen molar-refractivity contribution in [3.05, 3.63) is 69.0 Å². The van der Waals surface area contributed by atoms with E-state index in [1.807, 2.05) is 0 Å². The maximum atomic E-state index is 12.7. The Morgan fingerprint density at radius 1 is 1.19 bits per heavy atom. The van der Waals surface area contributed by atoms with Crippen molar-refractivity contribution in [2.75, 3.05) is 5.32 Å². The van der Waals surface area contributed by atoms with Gasteiger partial charge in [-0.2, -0.15) is 0 Å². The summed E-state index contributed by atoms with van der Waals surface area (Å²) in [5.41, 5.74) is 6.87. The predicted octanol–water partition coefficient (Wildman–Crippen LogP) is 3.24. The van der Waals surface area contributed by atoms with Crippen LogP contribution in [0.2, 0.25) is 0 Å². The highest BCUT2D eigenvalue weighted by Gasteiger charge is 2.24. The minimum atomic E-state index is -0.613. The zero-order valence-corrected chi connectivity index (χ0v) is 14.7. The highest BCUT2D eigenvalue weighted by molar-refractivity contribution is 6.11. The molecule has 0 atom stereocenters. The van der Waals surface area contributed by atoms with Crippen LogP contribution in [0.5, 0.6) is 0 Å². The third-order valence-corrected chi connectivity index (χ3v) is 4.29. The second-order valence-corrected chi connectivity index (χ2v) is 6.14. The van der Waals surface area contributed by atoms with Gasteiger partial charge < -0.3 is 15.5 Å². The number of carbonyl (C=O) groups excluding carboxylic acids is 2. The molecule has 1 heterocycles. The van der Waals surface area contributed by atoms with Crippen molar-refractivity contribution in [1.29, 1.82) is 0 Å². The lowest BCUT2D eigenvalue weighted by atomic mass is 10.0. The molecule has 0 saturated heterocycles. The molecule has 8 nitrogen and oxygen atoms in total. The lowest BCUT2D eigenvalue weighted by Gasteiger charge is -2.08. The van der Waals surface area contributed by atoms with Crippen molar-refractivity contribution in [3.8, 4) is 0 Å². The van der Waals surface area contributed by atoms with E-state index in [4.69, 9.17) is 10.2 Å². The summed E-state index contributed by atoms with van der Waals surface area (Å²) >= 11 is 0. The second-order valence-electron chi connectivity index (χ2n) is 6.14. The molecular weight excluding hydrogens is 350 g/mol. The first-order chi connectivity index (χ1) is 12.8.